The predicted molar refractivity (Wildman–Crippen MR) is 142 cm³/mol. The highest BCUT2D eigenvalue weighted by Gasteiger charge is 2.47. The number of carbonyl (C=O) groups excluding carboxylic acids is 2. The number of carbonyl (C=O) groups is 3. The molecule has 0 aromatic heterocycles. The molecule has 10 heteroatoms. The van der Waals surface area contributed by atoms with Crippen LogP contribution >= 0.6 is 0 Å². The van der Waals surface area contributed by atoms with Crippen molar-refractivity contribution in [1.29, 1.82) is 0 Å². The number of nitrogens with zero attached hydrogens (tertiary/aromatic N) is 4. The topological polar surface area (TPSA) is 103 Å². The quantitative estimate of drug-likeness (QED) is 0.418. The molecule has 10 nitrogen and oxygen atoms in total. The fraction of sp³-hybridized carbons (Fsp3) is 0.679. The Morgan fingerprint density at radius 1 is 1.08 bits per heavy atom. The summed E-state index contributed by atoms with van der Waals surface area (Å²) in [5.41, 5.74) is 0.868. The van der Waals surface area contributed by atoms with Crippen molar-refractivity contribution >= 4 is 17.9 Å². The van der Waals surface area contributed by atoms with E-state index < -0.39 is 11.9 Å². The second-order valence-electron chi connectivity index (χ2n) is 10.6. The maximum atomic E-state index is 13.5. The van der Waals surface area contributed by atoms with Crippen LogP contribution in [0.25, 0.3) is 0 Å². The Bertz CT molecular complexity index is 996. The minimum Gasteiger partial charge on any atom is -0.481 e. The molecule has 2 fully saturated rings. The van der Waals surface area contributed by atoms with Gasteiger partial charge in [0.15, 0.2) is 11.5 Å². The third-order valence-corrected chi connectivity index (χ3v) is 8.11. The van der Waals surface area contributed by atoms with Crippen LogP contribution < -0.4 is 9.47 Å². The number of likely N-dealkylation sites (tertiary alicyclic amines) is 1. The van der Waals surface area contributed by atoms with E-state index in [9.17, 15) is 19.5 Å². The van der Waals surface area contributed by atoms with Crippen LogP contribution in [0.15, 0.2) is 18.2 Å². The summed E-state index contributed by atoms with van der Waals surface area (Å²) in [4.78, 5) is 46.2. The van der Waals surface area contributed by atoms with Crippen LogP contribution in [0.2, 0.25) is 0 Å². The summed E-state index contributed by atoms with van der Waals surface area (Å²) < 4.78 is 11.0. The summed E-state index contributed by atoms with van der Waals surface area (Å²) in [6, 6.07) is 5.21. The Morgan fingerprint density at radius 3 is 2.42 bits per heavy atom. The number of likely N-dealkylation sites (N-methyl/N-ethyl adjacent to an activating group) is 1. The van der Waals surface area contributed by atoms with Crippen molar-refractivity contribution in [2.24, 2.45) is 5.92 Å². The number of hydrogen-bond donors (Lipinski definition) is 1. The molecule has 3 aliphatic heterocycles. The highest BCUT2D eigenvalue weighted by molar-refractivity contribution is 5.79. The second-order valence-corrected chi connectivity index (χ2v) is 10.6. The van der Waals surface area contributed by atoms with E-state index in [1.165, 1.54) is 0 Å². The summed E-state index contributed by atoms with van der Waals surface area (Å²) in [6.07, 6.45) is 4.40. The van der Waals surface area contributed by atoms with Gasteiger partial charge in [0.2, 0.25) is 12.7 Å². The standard InChI is InChI=1S/C28H42N4O6/c1-4-6-11-30(12-7-5-2)25(33)18-32-17-21(20-8-9-23-24(16-20)38-19-37-23)26(27(34)35)22(32)10-13-31-15-14-29(3)28(31)36/h8-9,16,21-22,26H,4-7,10-15,17-19H2,1-3H3,(H,34,35)/t21-,22+,26-/m1/s1. The van der Waals surface area contributed by atoms with Crippen LogP contribution in [0.3, 0.4) is 0 Å². The van der Waals surface area contributed by atoms with Crippen LogP contribution in [-0.4, -0.2) is 108 Å². The van der Waals surface area contributed by atoms with Gasteiger partial charge in [0, 0.05) is 58.3 Å². The lowest BCUT2D eigenvalue weighted by Gasteiger charge is -2.30. The van der Waals surface area contributed by atoms with E-state index in [0.717, 1.165) is 44.3 Å². The lowest BCUT2D eigenvalue weighted by molar-refractivity contribution is -0.144. The number of amides is 3. The van der Waals surface area contributed by atoms with Crippen molar-refractivity contribution in [3.8, 4) is 11.5 Å². The summed E-state index contributed by atoms with van der Waals surface area (Å²) in [5, 5.41) is 10.4. The Morgan fingerprint density at radius 2 is 1.79 bits per heavy atom. The van der Waals surface area contributed by atoms with E-state index in [1.807, 2.05) is 28.0 Å². The van der Waals surface area contributed by atoms with E-state index in [4.69, 9.17) is 9.47 Å². The van der Waals surface area contributed by atoms with Gasteiger partial charge in [-0.3, -0.25) is 14.5 Å². The zero-order valence-electron chi connectivity index (χ0n) is 22.9. The second kappa shape index (κ2) is 12.7. The highest BCUT2D eigenvalue weighted by Crippen LogP contribution is 2.42. The summed E-state index contributed by atoms with van der Waals surface area (Å²) >= 11 is 0. The third-order valence-electron chi connectivity index (χ3n) is 8.11. The highest BCUT2D eigenvalue weighted by atomic mass is 16.7. The number of ether oxygens (including phenoxy) is 2. The minimum atomic E-state index is -0.883. The van der Waals surface area contributed by atoms with Crippen LogP contribution in [0, 0.1) is 5.92 Å². The van der Waals surface area contributed by atoms with Crippen LogP contribution in [-0.2, 0) is 9.59 Å². The molecule has 2 saturated heterocycles. The van der Waals surface area contributed by atoms with Gasteiger partial charge in [-0.05, 0) is 37.0 Å². The Labute approximate surface area is 225 Å². The molecule has 210 valence electrons. The monoisotopic (exact) mass is 530 g/mol. The molecule has 38 heavy (non-hydrogen) atoms. The first-order valence-electron chi connectivity index (χ1n) is 14.0. The Hall–Kier alpha value is -3.01. The first kappa shape index (κ1) is 28.0. The van der Waals surface area contributed by atoms with Crippen molar-refractivity contribution in [1.82, 2.24) is 19.6 Å². The molecule has 0 radical (unpaired) electrons. The van der Waals surface area contributed by atoms with Gasteiger partial charge in [0.1, 0.15) is 0 Å². The van der Waals surface area contributed by atoms with Gasteiger partial charge in [0.25, 0.3) is 0 Å². The van der Waals surface area contributed by atoms with Gasteiger partial charge in [-0.25, -0.2) is 4.79 Å². The fourth-order valence-corrected chi connectivity index (χ4v) is 5.87. The van der Waals surface area contributed by atoms with E-state index in [0.29, 0.717) is 44.1 Å². The zero-order valence-corrected chi connectivity index (χ0v) is 22.9. The molecule has 1 aromatic rings. The molecule has 0 unspecified atom stereocenters. The van der Waals surface area contributed by atoms with Crippen molar-refractivity contribution in [3.63, 3.8) is 0 Å². The first-order valence-corrected chi connectivity index (χ1v) is 14.0. The van der Waals surface area contributed by atoms with Gasteiger partial charge >= 0.3 is 12.0 Å². The number of carboxylic acids is 1. The number of aliphatic carboxylic acids is 1. The maximum absolute atomic E-state index is 13.5. The first-order chi connectivity index (χ1) is 18.3. The number of fused-ring (bicyclic) bond motifs is 1. The fourth-order valence-electron chi connectivity index (χ4n) is 5.87. The molecular formula is C28H42N4O6. The number of urea groups is 1. The average Bonchev–Trinajstić information content (AvgIpc) is 3.60. The molecule has 3 amide bonds. The molecule has 0 bridgehead atoms. The number of hydrogen-bond acceptors (Lipinski definition) is 6. The summed E-state index contributed by atoms with van der Waals surface area (Å²) in [7, 11) is 1.78. The number of rotatable bonds is 13. The lowest BCUT2D eigenvalue weighted by atomic mass is 9.84. The van der Waals surface area contributed by atoms with Crippen molar-refractivity contribution in [2.75, 3.05) is 59.7 Å². The van der Waals surface area contributed by atoms with Crippen molar-refractivity contribution in [2.45, 2.75) is 57.9 Å². The molecule has 3 atom stereocenters. The van der Waals surface area contributed by atoms with Crippen LogP contribution in [0.5, 0.6) is 11.5 Å². The predicted octanol–water partition coefficient (Wildman–Crippen LogP) is 3.07. The maximum Gasteiger partial charge on any atom is 0.319 e. The van der Waals surface area contributed by atoms with Gasteiger partial charge in [-0.1, -0.05) is 32.8 Å². The van der Waals surface area contributed by atoms with Crippen molar-refractivity contribution < 1.29 is 29.0 Å². The largest absolute Gasteiger partial charge is 0.481 e. The number of carboxylic acid groups (broad SMARTS) is 1. The summed E-state index contributed by atoms with van der Waals surface area (Å²) in [5.74, 6) is -0.583. The van der Waals surface area contributed by atoms with Gasteiger partial charge in [-0.2, -0.15) is 0 Å². The molecule has 0 aliphatic carbocycles. The average molecular weight is 531 g/mol. The third kappa shape index (κ3) is 6.17. The van der Waals surface area contributed by atoms with Crippen LogP contribution in [0.1, 0.15) is 57.4 Å². The van der Waals surface area contributed by atoms with Gasteiger partial charge in [0.05, 0.1) is 12.5 Å². The van der Waals surface area contributed by atoms with Crippen molar-refractivity contribution in [3.05, 3.63) is 23.8 Å². The Kier molecular flexibility index (Phi) is 9.35. The normalized spacial score (nSPS) is 22.9. The van der Waals surface area contributed by atoms with Crippen LogP contribution in [0.4, 0.5) is 4.79 Å². The molecule has 3 heterocycles. The minimum absolute atomic E-state index is 0.0323. The Balaban J connectivity index is 1.57. The molecular weight excluding hydrogens is 488 g/mol. The van der Waals surface area contributed by atoms with E-state index in [-0.39, 0.29) is 37.2 Å². The molecule has 1 N–H and O–H groups in total. The van der Waals surface area contributed by atoms with Gasteiger partial charge in [-0.15, -0.1) is 0 Å². The smallest absolute Gasteiger partial charge is 0.319 e. The summed E-state index contributed by atoms with van der Waals surface area (Å²) in [6.45, 7) is 8.21. The zero-order chi connectivity index (χ0) is 27.2. The lowest BCUT2D eigenvalue weighted by Crippen LogP contribution is -2.46. The molecule has 1 aromatic carbocycles. The molecule has 0 spiro atoms. The van der Waals surface area contributed by atoms with Gasteiger partial charge < -0.3 is 29.3 Å². The molecule has 0 saturated carbocycles. The van der Waals surface area contributed by atoms with E-state index >= 15 is 0 Å². The number of benzene rings is 1. The van der Waals surface area contributed by atoms with E-state index in [2.05, 4.69) is 13.8 Å². The molecule has 3 aliphatic rings. The van der Waals surface area contributed by atoms with E-state index in [1.54, 1.807) is 16.8 Å². The SMILES string of the molecule is CCCCN(CCCC)C(=O)CN1C[C@H](c2ccc3c(c2)OCO3)[C@@H](C(=O)O)[C@@H]1CCN1CCN(C)C1=O. The number of unbranched alkanes of at least 4 members (excludes halogenated alkanes) is 2. The molecule has 4 rings (SSSR count).